The number of methoxy groups -OCH3 is 1. The van der Waals surface area contributed by atoms with Crippen molar-refractivity contribution in [3.63, 3.8) is 0 Å². The molecule has 1 N–H and O–H groups in total. The zero-order valence-corrected chi connectivity index (χ0v) is 10.0. The highest BCUT2D eigenvalue weighted by Crippen LogP contribution is 2.17. The van der Waals surface area contributed by atoms with Gasteiger partial charge in [-0.1, -0.05) is 6.07 Å². The normalized spacial score (nSPS) is 10.6. The molecular weight excluding hydrogens is 249 g/mol. The van der Waals surface area contributed by atoms with Gasteiger partial charge in [0.25, 0.3) is 5.95 Å². The molecule has 0 atom stereocenters. The van der Waals surface area contributed by atoms with Crippen molar-refractivity contribution in [1.29, 1.82) is 0 Å². The van der Waals surface area contributed by atoms with Crippen LogP contribution in [-0.4, -0.2) is 26.9 Å². The topological polar surface area (TPSA) is 64.3 Å². The number of aromatic nitrogens is 4. The second kappa shape index (κ2) is 4.52. The molecule has 0 fully saturated rings. The van der Waals surface area contributed by atoms with Gasteiger partial charge in [-0.15, -0.1) is 15.3 Å². The van der Waals surface area contributed by atoms with E-state index in [1.54, 1.807) is 24.3 Å². The lowest BCUT2D eigenvalue weighted by atomic mass is 10.3. The number of nitrogens with zero attached hydrogens (tertiary/aromatic N) is 4. The molecule has 7 heteroatoms. The van der Waals surface area contributed by atoms with Crippen molar-refractivity contribution in [3.05, 3.63) is 42.2 Å². The number of hydrogen-bond acceptors (Lipinski definition) is 5. The number of halogens is 1. The number of fused-ring (bicyclic) bond motifs is 1. The highest BCUT2D eigenvalue weighted by Gasteiger charge is 2.08. The fourth-order valence-electron chi connectivity index (χ4n) is 1.65. The van der Waals surface area contributed by atoms with Crippen molar-refractivity contribution < 1.29 is 9.13 Å². The summed E-state index contributed by atoms with van der Waals surface area (Å²) >= 11 is 0. The van der Waals surface area contributed by atoms with Gasteiger partial charge < -0.3 is 10.1 Å². The van der Waals surface area contributed by atoms with Gasteiger partial charge >= 0.3 is 0 Å². The molecule has 2 heterocycles. The van der Waals surface area contributed by atoms with Crippen LogP contribution < -0.4 is 10.1 Å². The first-order valence-electron chi connectivity index (χ1n) is 5.55. The van der Waals surface area contributed by atoms with E-state index in [-0.39, 0.29) is 5.82 Å². The number of nitrogens with one attached hydrogen (secondary N) is 1. The fraction of sp³-hybridized carbons (Fsp3) is 0.0833. The lowest BCUT2D eigenvalue weighted by Crippen LogP contribution is -2.01. The molecule has 0 bridgehead atoms. The summed E-state index contributed by atoms with van der Waals surface area (Å²) in [7, 11) is 1.53. The molecule has 3 aromatic rings. The molecule has 96 valence electrons. The number of benzene rings is 1. The van der Waals surface area contributed by atoms with Crippen molar-refractivity contribution in [2.45, 2.75) is 0 Å². The third-order valence-corrected chi connectivity index (χ3v) is 2.53. The van der Waals surface area contributed by atoms with Gasteiger partial charge in [-0.25, -0.2) is 4.39 Å². The Labute approximate surface area is 107 Å². The minimum absolute atomic E-state index is 0.329. The molecule has 1 aromatic carbocycles. The monoisotopic (exact) mass is 259 g/mol. The van der Waals surface area contributed by atoms with E-state index in [1.165, 1.54) is 23.8 Å². The zero-order chi connectivity index (χ0) is 13.2. The third kappa shape index (κ3) is 2.17. The lowest BCUT2D eigenvalue weighted by Gasteiger charge is -2.04. The van der Waals surface area contributed by atoms with Crippen LogP contribution in [0.5, 0.6) is 5.88 Å². The molecule has 0 radical (unpaired) electrons. The molecule has 0 unspecified atom stereocenters. The summed E-state index contributed by atoms with van der Waals surface area (Å²) in [6.07, 6.45) is 0. The van der Waals surface area contributed by atoms with Crippen LogP contribution in [0.15, 0.2) is 36.4 Å². The highest BCUT2D eigenvalue weighted by molar-refractivity contribution is 5.56. The van der Waals surface area contributed by atoms with E-state index in [0.717, 1.165) is 0 Å². The lowest BCUT2D eigenvalue weighted by molar-refractivity contribution is 0.390. The van der Waals surface area contributed by atoms with E-state index in [2.05, 4.69) is 20.6 Å². The molecule has 0 amide bonds. The smallest absolute Gasteiger partial charge is 0.250 e. The fourth-order valence-corrected chi connectivity index (χ4v) is 1.65. The summed E-state index contributed by atoms with van der Waals surface area (Å²) in [5, 5.41) is 15.0. The Morgan fingerprint density at radius 2 is 2.11 bits per heavy atom. The number of rotatable bonds is 3. The van der Waals surface area contributed by atoms with Crippen LogP contribution >= 0.6 is 0 Å². The van der Waals surface area contributed by atoms with Gasteiger partial charge in [0.15, 0.2) is 5.65 Å². The molecular formula is C12H10FN5O. The first kappa shape index (κ1) is 11.4. The first-order chi connectivity index (χ1) is 9.26. The van der Waals surface area contributed by atoms with Crippen molar-refractivity contribution in [1.82, 2.24) is 19.8 Å². The second-order valence-corrected chi connectivity index (χ2v) is 3.80. The van der Waals surface area contributed by atoms with Gasteiger partial charge in [0.05, 0.1) is 7.11 Å². The van der Waals surface area contributed by atoms with Crippen LogP contribution in [0.2, 0.25) is 0 Å². The molecule has 2 aromatic heterocycles. The predicted molar refractivity (Wildman–Crippen MR) is 67.0 cm³/mol. The highest BCUT2D eigenvalue weighted by atomic mass is 19.1. The molecule has 0 aliphatic carbocycles. The van der Waals surface area contributed by atoms with E-state index in [9.17, 15) is 4.39 Å². The minimum Gasteiger partial charge on any atom is -0.480 e. The van der Waals surface area contributed by atoms with Crippen LogP contribution in [0.25, 0.3) is 5.65 Å². The van der Waals surface area contributed by atoms with Crippen molar-refractivity contribution >= 4 is 17.3 Å². The number of ether oxygens (including phenoxy) is 1. The largest absolute Gasteiger partial charge is 0.480 e. The Kier molecular flexibility index (Phi) is 2.71. The van der Waals surface area contributed by atoms with Gasteiger partial charge in [-0.3, -0.25) is 0 Å². The Hall–Kier alpha value is -2.70. The van der Waals surface area contributed by atoms with Crippen LogP contribution in [0.1, 0.15) is 0 Å². The summed E-state index contributed by atoms with van der Waals surface area (Å²) in [5.41, 5.74) is 1.14. The van der Waals surface area contributed by atoms with Gasteiger partial charge in [-0.2, -0.15) is 4.52 Å². The maximum absolute atomic E-state index is 13.1. The van der Waals surface area contributed by atoms with E-state index in [4.69, 9.17) is 4.74 Å². The molecule has 0 aliphatic heterocycles. The Bertz CT molecular complexity index is 727. The summed E-state index contributed by atoms with van der Waals surface area (Å²) in [6, 6.07) is 9.49. The van der Waals surface area contributed by atoms with Crippen LogP contribution in [0.3, 0.4) is 0 Å². The summed E-state index contributed by atoms with van der Waals surface area (Å²) in [4.78, 5) is 0. The predicted octanol–water partition coefficient (Wildman–Crippen LogP) is 2.02. The maximum Gasteiger partial charge on any atom is 0.250 e. The quantitative estimate of drug-likeness (QED) is 0.779. The van der Waals surface area contributed by atoms with Crippen LogP contribution in [0, 0.1) is 5.82 Å². The molecule has 0 aliphatic rings. The summed E-state index contributed by atoms with van der Waals surface area (Å²) in [6.45, 7) is 0. The Morgan fingerprint density at radius 3 is 2.89 bits per heavy atom. The van der Waals surface area contributed by atoms with E-state index in [1.807, 2.05) is 0 Å². The first-order valence-corrected chi connectivity index (χ1v) is 5.55. The summed E-state index contributed by atoms with van der Waals surface area (Å²) in [5.74, 6) is 0.499. The Morgan fingerprint density at radius 1 is 1.21 bits per heavy atom. The molecule has 0 spiro atoms. The van der Waals surface area contributed by atoms with E-state index in [0.29, 0.717) is 23.2 Å². The average Bonchev–Trinajstić information content (AvgIpc) is 2.81. The standard InChI is InChI=1S/C12H10FN5O/c1-19-11-6-5-10-15-16-12(18(10)17-11)14-9-4-2-3-8(13)7-9/h2-7H,1H3,(H,14,16). The van der Waals surface area contributed by atoms with Crippen molar-refractivity contribution in [3.8, 4) is 5.88 Å². The zero-order valence-electron chi connectivity index (χ0n) is 10.0. The van der Waals surface area contributed by atoms with Crippen LogP contribution in [-0.2, 0) is 0 Å². The second-order valence-electron chi connectivity index (χ2n) is 3.80. The Balaban J connectivity index is 2.00. The van der Waals surface area contributed by atoms with Crippen LogP contribution in [0.4, 0.5) is 16.0 Å². The molecule has 6 nitrogen and oxygen atoms in total. The number of hydrogen-bond donors (Lipinski definition) is 1. The molecule has 0 saturated carbocycles. The third-order valence-electron chi connectivity index (χ3n) is 2.53. The number of anilines is 2. The van der Waals surface area contributed by atoms with Crippen molar-refractivity contribution in [2.24, 2.45) is 0 Å². The van der Waals surface area contributed by atoms with Gasteiger partial charge in [0.1, 0.15) is 5.82 Å². The molecule has 19 heavy (non-hydrogen) atoms. The van der Waals surface area contributed by atoms with Gasteiger partial charge in [0.2, 0.25) is 5.88 Å². The molecule has 0 saturated heterocycles. The molecule has 3 rings (SSSR count). The van der Waals surface area contributed by atoms with Gasteiger partial charge in [0, 0.05) is 11.8 Å². The maximum atomic E-state index is 13.1. The van der Waals surface area contributed by atoms with E-state index >= 15 is 0 Å². The SMILES string of the molecule is COc1ccc2nnc(Nc3cccc(F)c3)n2n1. The van der Waals surface area contributed by atoms with Crippen molar-refractivity contribution in [2.75, 3.05) is 12.4 Å². The van der Waals surface area contributed by atoms with Gasteiger partial charge in [-0.05, 0) is 24.3 Å². The van der Waals surface area contributed by atoms with E-state index < -0.39 is 0 Å². The summed E-state index contributed by atoms with van der Waals surface area (Å²) < 4.78 is 19.6. The average molecular weight is 259 g/mol. The minimum atomic E-state index is -0.329.